The average Bonchev–Trinajstić information content (AvgIpc) is 3.34. The summed E-state index contributed by atoms with van der Waals surface area (Å²) in [7, 11) is 0. The molecule has 8 nitrogen and oxygen atoms in total. The van der Waals surface area contributed by atoms with E-state index in [0.717, 1.165) is 36.8 Å². The number of amides is 2. The summed E-state index contributed by atoms with van der Waals surface area (Å²) in [5.41, 5.74) is 12.9. The lowest BCUT2D eigenvalue weighted by molar-refractivity contribution is -0.142. The van der Waals surface area contributed by atoms with Crippen LogP contribution < -0.4 is 16.8 Å². The van der Waals surface area contributed by atoms with Crippen LogP contribution in [0.5, 0.6) is 5.75 Å². The van der Waals surface area contributed by atoms with Gasteiger partial charge in [0.25, 0.3) is 0 Å². The van der Waals surface area contributed by atoms with E-state index >= 15 is 0 Å². The molecule has 7 N–H and O–H groups in total. The molecule has 0 radical (unpaired) electrons. The van der Waals surface area contributed by atoms with Crippen molar-refractivity contribution in [2.45, 2.75) is 57.0 Å². The fourth-order valence-corrected chi connectivity index (χ4v) is 4.86. The summed E-state index contributed by atoms with van der Waals surface area (Å²) in [5, 5.41) is 19.7. The van der Waals surface area contributed by atoms with Crippen molar-refractivity contribution in [1.29, 1.82) is 5.41 Å². The summed E-state index contributed by atoms with van der Waals surface area (Å²) in [6, 6.07) is 15.6. The van der Waals surface area contributed by atoms with Gasteiger partial charge in [-0.15, -0.1) is 0 Å². The van der Waals surface area contributed by atoms with Gasteiger partial charge in [-0.1, -0.05) is 55.3 Å². The molecular formula is C26H35N5O3. The molecule has 2 amide bonds. The minimum atomic E-state index is -0.803. The predicted octanol–water partition coefficient (Wildman–Crippen LogP) is 2.81. The van der Waals surface area contributed by atoms with Gasteiger partial charge < -0.3 is 26.8 Å². The van der Waals surface area contributed by atoms with Crippen LogP contribution in [0.2, 0.25) is 0 Å². The van der Waals surface area contributed by atoms with Crippen LogP contribution in [0.25, 0.3) is 0 Å². The number of guanidine groups is 1. The van der Waals surface area contributed by atoms with Gasteiger partial charge >= 0.3 is 0 Å². The zero-order valence-electron chi connectivity index (χ0n) is 19.5. The second kappa shape index (κ2) is 12.1. The molecule has 1 saturated carbocycles. The van der Waals surface area contributed by atoms with Crippen molar-refractivity contribution in [3.63, 3.8) is 0 Å². The van der Waals surface area contributed by atoms with Crippen molar-refractivity contribution >= 4 is 17.8 Å². The molecular weight excluding hydrogens is 430 g/mol. The zero-order valence-corrected chi connectivity index (χ0v) is 19.5. The molecule has 1 fully saturated rings. The number of hydrogen-bond acceptors (Lipinski definition) is 4. The van der Waals surface area contributed by atoms with Crippen LogP contribution in [-0.2, 0) is 16.1 Å². The first-order valence-corrected chi connectivity index (χ1v) is 11.9. The van der Waals surface area contributed by atoms with Crippen LogP contribution in [0.15, 0.2) is 54.6 Å². The van der Waals surface area contributed by atoms with E-state index in [1.54, 1.807) is 29.2 Å². The Bertz CT molecular complexity index is 958. The van der Waals surface area contributed by atoms with Gasteiger partial charge in [-0.2, -0.15) is 0 Å². The normalized spacial score (nSPS) is 15.4. The van der Waals surface area contributed by atoms with Crippen molar-refractivity contribution in [3.05, 3.63) is 65.7 Å². The maximum absolute atomic E-state index is 14.2. The fraction of sp³-hybridized carbons (Fsp3) is 0.423. The highest BCUT2D eigenvalue weighted by Crippen LogP contribution is 2.39. The number of aromatic hydroxyl groups is 1. The van der Waals surface area contributed by atoms with E-state index < -0.39 is 11.9 Å². The SMILES string of the molecule is N=C(N)NCCC[C@H](C(N)=O)N(Cc1ccc(O)cc1)C(=O)C(c1ccccc1)C1CCCC1. The monoisotopic (exact) mass is 465 g/mol. The van der Waals surface area contributed by atoms with Gasteiger partial charge in [0.1, 0.15) is 11.8 Å². The molecule has 34 heavy (non-hydrogen) atoms. The second-order valence-electron chi connectivity index (χ2n) is 8.97. The molecule has 0 saturated heterocycles. The van der Waals surface area contributed by atoms with Crippen LogP contribution >= 0.6 is 0 Å². The van der Waals surface area contributed by atoms with Gasteiger partial charge in [-0.3, -0.25) is 15.0 Å². The highest BCUT2D eigenvalue weighted by molar-refractivity contribution is 5.90. The number of phenolic OH excluding ortho intramolecular Hbond substituents is 1. The molecule has 2 aromatic rings. The van der Waals surface area contributed by atoms with Gasteiger partial charge in [-0.25, -0.2) is 0 Å². The number of nitrogens with zero attached hydrogens (tertiary/aromatic N) is 1. The Labute approximate surface area is 200 Å². The summed E-state index contributed by atoms with van der Waals surface area (Å²) in [4.78, 5) is 28.4. The van der Waals surface area contributed by atoms with Gasteiger partial charge in [0, 0.05) is 13.1 Å². The Morgan fingerprint density at radius 1 is 1.06 bits per heavy atom. The minimum absolute atomic E-state index is 0.102. The highest BCUT2D eigenvalue weighted by Gasteiger charge is 2.38. The van der Waals surface area contributed by atoms with E-state index in [9.17, 15) is 14.7 Å². The van der Waals surface area contributed by atoms with Crippen molar-refractivity contribution in [2.24, 2.45) is 17.4 Å². The third-order valence-corrected chi connectivity index (χ3v) is 6.54. The molecule has 0 spiro atoms. The van der Waals surface area contributed by atoms with Crippen LogP contribution in [0.4, 0.5) is 0 Å². The van der Waals surface area contributed by atoms with Crippen LogP contribution in [0.3, 0.4) is 0 Å². The maximum atomic E-state index is 14.2. The number of primary amides is 1. The average molecular weight is 466 g/mol. The molecule has 0 heterocycles. The Hall–Kier alpha value is -3.55. The van der Waals surface area contributed by atoms with Crippen molar-refractivity contribution < 1.29 is 14.7 Å². The molecule has 0 aliphatic heterocycles. The first-order chi connectivity index (χ1) is 16.4. The van der Waals surface area contributed by atoms with Crippen LogP contribution in [0, 0.1) is 11.3 Å². The number of benzene rings is 2. The molecule has 1 aliphatic carbocycles. The molecule has 2 aromatic carbocycles. The number of phenols is 1. The Balaban J connectivity index is 1.93. The molecule has 8 heteroatoms. The van der Waals surface area contributed by atoms with E-state index in [1.165, 1.54) is 0 Å². The zero-order chi connectivity index (χ0) is 24.5. The first kappa shape index (κ1) is 25.1. The number of carbonyl (C=O) groups excluding carboxylic acids is 2. The number of nitrogens with one attached hydrogen (secondary N) is 2. The largest absolute Gasteiger partial charge is 0.508 e. The molecule has 3 rings (SSSR count). The lowest BCUT2D eigenvalue weighted by Gasteiger charge is -2.35. The minimum Gasteiger partial charge on any atom is -0.508 e. The van der Waals surface area contributed by atoms with Gasteiger partial charge in [0.05, 0.1) is 5.92 Å². The van der Waals surface area contributed by atoms with Crippen molar-refractivity contribution in [1.82, 2.24) is 10.2 Å². The van der Waals surface area contributed by atoms with E-state index in [2.05, 4.69) is 5.32 Å². The third kappa shape index (κ3) is 6.73. The molecule has 182 valence electrons. The van der Waals surface area contributed by atoms with Crippen LogP contribution in [0.1, 0.15) is 55.6 Å². The summed E-state index contributed by atoms with van der Waals surface area (Å²) in [6.45, 7) is 0.619. The van der Waals surface area contributed by atoms with E-state index in [4.69, 9.17) is 16.9 Å². The topological polar surface area (TPSA) is 146 Å². The molecule has 0 aromatic heterocycles. The second-order valence-corrected chi connectivity index (χ2v) is 8.97. The quantitative estimate of drug-likeness (QED) is 0.197. The molecule has 1 aliphatic rings. The number of nitrogens with two attached hydrogens (primary N) is 2. The third-order valence-electron chi connectivity index (χ3n) is 6.54. The van der Waals surface area contributed by atoms with E-state index in [0.29, 0.717) is 19.4 Å². The van der Waals surface area contributed by atoms with E-state index in [-0.39, 0.29) is 36.0 Å². The summed E-state index contributed by atoms with van der Waals surface area (Å²) < 4.78 is 0. The molecule has 2 atom stereocenters. The van der Waals surface area contributed by atoms with Crippen molar-refractivity contribution in [2.75, 3.05) is 6.54 Å². The lowest BCUT2D eigenvalue weighted by atomic mass is 9.83. The summed E-state index contributed by atoms with van der Waals surface area (Å²) in [5.74, 6) is -0.805. The standard InChI is InChI=1S/C26H35N5O3/c27-24(33)22(11-6-16-30-26(28)29)31(17-18-12-14-21(32)15-13-18)25(34)23(20-9-4-5-10-20)19-7-2-1-3-8-19/h1-3,7-8,12-15,20,22-23,32H,4-6,9-11,16-17H2,(H2,27,33)(H4,28,29,30)/t22-,23?/m1/s1. The maximum Gasteiger partial charge on any atom is 0.240 e. The number of carbonyl (C=O) groups is 2. The number of rotatable bonds is 11. The van der Waals surface area contributed by atoms with Crippen LogP contribution in [-0.4, -0.2) is 40.4 Å². The summed E-state index contributed by atoms with van der Waals surface area (Å²) >= 11 is 0. The highest BCUT2D eigenvalue weighted by atomic mass is 16.3. The smallest absolute Gasteiger partial charge is 0.240 e. The predicted molar refractivity (Wildman–Crippen MR) is 132 cm³/mol. The van der Waals surface area contributed by atoms with Gasteiger partial charge in [0.15, 0.2) is 5.96 Å². The molecule has 0 bridgehead atoms. The Morgan fingerprint density at radius 2 is 1.71 bits per heavy atom. The fourth-order valence-electron chi connectivity index (χ4n) is 4.86. The molecule has 1 unspecified atom stereocenters. The van der Waals surface area contributed by atoms with Gasteiger partial charge in [0.2, 0.25) is 11.8 Å². The number of hydrogen-bond donors (Lipinski definition) is 5. The summed E-state index contributed by atoms with van der Waals surface area (Å²) in [6.07, 6.45) is 5.01. The Morgan fingerprint density at radius 3 is 2.29 bits per heavy atom. The van der Waals surface area contributed by atoms with Gasteiger partial charge in [-0.05, 0) is 54.9 Å². The lowest BCUT2D eigenvalue weighted by Crippen LogP contribution is -2.50. The van der Waals surface area contributed by atoms with Crippen molar-refractivity contribution in [3.8, 4) is 5.75 Å². The van der Waals surface area contributed by atoms with E-state index in [1.807, 2.05) is 30.3 Å². The Kier molecular flexibility index (Phi) is 8.90. The first-order valence-electron chi connectivity index (χ1n) is 11.9.